The number of carbonyl (C=O) groups is 1. The molecule has 1 aromatic carbocycles. The van der Waals surface area contributed by atoms with E-state index >= 15 is 0 Å². The first-order valence-electron chi connectivity index (χ1n) is 8.64. The standard InChI is InChI=1S/C18H24FN5O/c19-17-5-2-1-4-16(17)15-22-10-12-23(13-11-22)18(25)14-20-7-9-24-8-3-6-21-24/h1-6,8,20H,7,9-15H2. The molecule has 1 aliphatic rings. The van der Waals surface area contributed by atoms with Crippen molar-refractivity contribution in [2.75, 3.05) is 39.3 Å². The van der Waals surface area contributed by atoms with Crippen LogP contribution in [-0.2, 0) is 17.9 Å². The summed E-state index contributed by atoms with van der Waals surface area (Å²) in [7, 11) is 0. The minimum Gasteiger partial charge on any atom is -0.339 e. The van der Waals surface area contributed by atoms with Crippen LogP contribution in [-0.4, -0.2) is 64.8 Å². The zero-order valence-electron chi connectivity index (χ0n) is 14.3. The van der Waals surface area contributed by atoms with Crippen LogP contribution in [0, 0.1) is 5.82 Å². The SMILES string of the molecule is O=C(CNCCn1cccn1)N1CCN(Cc2ccccc2F)CC1. The van der Waals surface area contributed by atoms with Crippen LogP contribution >= 0.6 is 0 Å². The van der Waals surface area contributed by atoms with Gasteiger partial charge in [-0.25, -0.2) is 4.39 Å². The number of rotatable bonds is 7. The van der Waals surface area contributed by atoms with E-state index in [1.165, 1.54) is 6.07 Å². The van der Waals surface area contributed by atoms with E-state index in [9.17, 15) is 9.18 Å². The Labute approximate surface area is 147 Å². The van der Waals surface area contributed by atoms with Gasteiger partial charge >= 0.3 is 0 Å². The van der Waals surface area contributed by atoms with Crippen LogP contribution in [0.1, 0.15) is 5.56 Å². The molecule has 0 bridgehead atoms. The van der Waals surface area contributed by atoms with Gasteiger partial charge in [-0.15, -0.1) is 0 Å². The molecule has 1 aliphatic heterocycles. The van der Waals surface area contributed by atoms with Crippen molar-refractivity contribution >= 4 is 5.91 Å². The largest absolute Gasteiger partial charge is 0.339 e. The van der Waals surface area contributed by atoms with E-state index in [0.29, 0.717) is 38.3 Å². The summed E-state index contributed by atoms with van der Waals surface area (Å²) in [6.07, 6.45) is 3.64. The Kier molecular flexibility index (Phi) is 6.14. The average molecular weight is 345 g/mol. The number of hydrogen-bond acceptors (Lipinski definition) is 4. The summed E-state index contributed by atoms with van der Waals surface area (Å²) in [6, 6.07) is 8.74. The summed E-state index contributed by atoms with van der Waals surface area (Å²) >= 11 is 0. The molecule has 1 aromatic heterocycles. The van der Waals surface area contributed by atoms with E-state index in [2.05, 4.69) is 15.3 Å². The summed E-state index contributed by atoms with van der Waals surface area (Å²) in [6.45, 7) is 5.31. The normalized spacial score (nSPS) is 15.5. The van der Waals surface area contributed by atoms with E-state index in [-0.39, 0.29) is 11.7 Å². The number of amides is 1. The molecule has 2 heterocycles. The fourth-order valence-corrected chi connectivity index (χ4v) is 2.96. The molecule has 0 aliphatic carbocycles. The Morgan fingerprint density at radius 1 is 1.16 bits per heavy atom. The summed E-state index contributed by atoms with van der Waals surface area (Å²) < 4.78 is 15.6. The quantitative estimate of drug-likeness (QED) is 0.760. The molecule has 1 saturated heterocycles. The predicted molar refractivity (Wildman–Crippen MR) is 93.4 cm³/mol. The third-order valence-electron chi connectivity index (χ3n) is 4.43. The number of halogens is 1. The molecule has 134 valence electrons. The monoisotopic (exact) mass is 345 g/mol. The van der Waals surface area contributed by atoms with Crippen molar-refractivity contribution in [1.82, 2.24) is 24.9 Å². The van der Waals surface area contributed by atoms with E-state index in [1.807, 2.05) is 34.0 Å². The minimum absolute atomic E-state index is 0.117. The van der Waals surface area contributed by atoms with E-state index in [4.69, 9.17) is 0 Å². The Morgan fingerprint density at radius 3 is 2.68 bits per heavy atom. The van der Waals surface area contributed by atoms with Crippen LogP contribution in [0.25, 0.3) is 0 Å². The van der Waals surface area contributed by atoms with Crippen LogP contribution in [0.15, 0.2) is 42.7 Å². The van der Waals surface area contributed by atoms with Crippen LogP contribution in [0.3, 0.4) is 0 Å². The molecular formula is C18H24FN5O. The molecule has 25 heavy (non-hydrogen) atoms. The first kappa shape index (κ1) is 17.6. The summed E-state index contributed by atoms with van der Waals surface area (Å²) in [5.74, 6) is -0.0478. The molecule has 0 radical (unpaired) electrons. The van der Waals surface area contributed by atoms with Crippen molar-refractivity contribution in [3.63, 3.8) is 0 Å². The second-order valence-corrected chi connectivity index (χ2v) is 6.19. The molecule has 6 nitrogen and oxygen atoms in total. The number of nitrogens with one attached hydrogen (secondary N) is 1. The summed E-state index contributed by atoms with van der Waals surface area (Å²) in [5.41, 5.74) is 0.711. The van der Waals surface area contributed by atoms with Crippen molar-refractivity contribution in [2.45, 2.75) is 13.1 Å². The number of piperazine rings is 1. The third-order valence-corrected chi connectivity index (χ3v) is 4.43. The lowest BCUT2D eigenvalue weighted by Gasteiger charge is -2.34. The van der Waals surface area contributed by atoms with Crippen LogP contribution in [0.2, 0.25) is 0 Å². The second-order valence-electron chi connectivity index (χ2n) is 6.19. The third kappa shape index (κ3) is 5.11. The van der Waals surface area contributed by atoms with E-state index < -0.39 is 0 Å². The van der Waals surface area contributed by atoms with E-state index in [0.717, 1.165) is 19.6 Å². The second kappa shape index (κ2) is 8.73. The van der Waals surface area contributed by atoms with Gasteiger partial charge in [0, 0.05) is 57.2 Å². The highest BCUT2D eigenvalue weighted by Crippen LogP contribution is 2.12. The van der Waals surface area contributed by atoms with Gasteiger partial charge < -0.3 is 10.2 Å². The number of hydrogen-bond donors (Lipinski definition) is 1. The van der Waals surface area contributed by atoms with Crippen LogP contribution in [0.4, 0.5) is 4.39 Å². The maximum atomic E-state index is 13.7. The lowest BCUT2D eigenvalue weighted by atomic mass is 10.2. The molecule has 1 fully saturated rings. The maximum absolute atomic E-state index is 13.7. The molecule has 3 rings (SSSR count). The molecular weight excluding hydrogens is 321 g/mol. The Balaban J connectivity index is 1.35. The number of aromatic nitrogens is 2. The Morgan fingerprint density at radius 2 is 1.96 bits per heavy atom. The van der Waals surface area contributed by atoms with Crippen molar-refractivity contribution in [3.8, 4) is 0 Å². The molecule has 1 N–H and O–H groups in total. The maximum Gasteiger partial charge on any atom is 0.236 e. The molecule has 2 aromatic rings. The smallest absolute Gasteiger partial charge is 0.236 e. The Bertz CT molecular complexity index is 668. The van der Waals surface area contributed by atoms with Crippen LogP contribution < -0.4 is 5.32 Å². The minimum atomic E-state index is -0.164. The first-order chi connectivity index (χ1) is 12.2. The topological polar surface area (TPSA) is 53.4 Å². The van der Waals surface area contributed by atoms with Crippen molar-refractivity contribution in [2.24, 2.45) is 0 Å². The predicted octanol–water partition coefficient (Wildman–Crippen LogP) is 0.956. The van der Waals surface area contributed by atoms with Gasteiger partial charge in [0.1, 0.15) is 5.82 Å². The van der Waals surface area contributed by atoms with Gasteiger partial charge in [0.25, 0.3) is 0 Å². The molecule has 1 amide bonds. The average Bonchev–Trinajstić information content (AvgIpc) is 3.15. The number of nitrogens with zero attached hydrogens (tertiary/aromatic N) is 4. The lowest BCUT2D eigenvalue weighted by Crippen LogP contribution is -2.50. The highest BCUT2D eigenvalue weighted by molar-refractivity contribution is 5.78. The summed E-state index contributed by atoms with van der Waals surface area (Å²) in [4.78, 5) is 16.3. The first-order valence-corrected chi connectivity index (χ1v) is 8.64. The van der Waals surface area contributed by atoms with Gasteiger partial charge in [-0.1, -0.05) is 18.2 Å². The van der Waals surface area contributed by atoms with Crippen molar-refractivity contribution in [1.29, 1.82) is 0 Å². The highest BCUT2D eigenvalue weighted by atomic mass is 19.1. The van der Waals surface area contributed by atoms with Crippen LogP contribution in [0.5, 0.6) is 0 Å². The zero-order chi connectivity index (χ0) is 17.5. The number of carbonyl (C=O) groups excluding carboxylic acids is 1. The van der Waals surface area contributed by atoms with Crippen molar-refractivity contribution < 1.29 is 9.18 Å². The van der Waals surface area contributed by atoms with Gasteiger partial charge in [-0.2, -0.15) is 5.10 Å². The van der Waals surface area contributed by atoms with Gasteiger partial charge in [0.05, 0.1) is 13.1 Å². The lowest BCUT2D eigenvalue weighted by molar-refractivity contribution is -0.132. The zero-order valence-corrected chi connectivity index (χ0v) is 14.3. The molecule has 0 unspecified atom stereocenters. The fourth-order valence-electron chi connectivity index (χ4n) is 2.96. The van der Waals surface area contributed by atoms with Gasteiger partial charge in [-0.05, 0) is 12.1 Å². The fraction of sp³-hybridized carbons (Fsp3) is 0.444. The Hall–Kier alpha value is -2.25. The molecule has 0 spiro atoms. The van der Waals surface area contributed by atoms with Gasteiger partial charge in [0.2, 0.25) is 5.91 Å². The van der Waals surface area contributed by atoms with E-state index in [1.54, 1.807) is 12.3 Å². The van der Waals surface area contributed by atoms with Crippen molar-refractivity contribution in [3.05, 3.63) is 54.1 Å². The molecule has 0 atom stereocenters. The van der Waals surface area contributed by atoms with Gasteiger partial charge in [0.15, 0.2) is 0 Å². The molecule has 7 heteroatoms. The number of benzene rings is 1. The van der Waals surface area contributed by atoms with Gasteiger partial charge in [-0.3, -0.25) is 14.4 Å². The molecule has 0 saturated carbocycles. The summed E-state index contributed by atoms with van der Waals surface area (Å²) in [5, 5.41) is 7.28. The highest BCUT2D eigenvalue weighted by Gasteiger charge is 2.21.